The number of esters is 1. The monoisotopic (exact) mass is 590 g/mol. The second-order valence-electron chi connectivity index (χ2n) is 9.58. The van der Waals surface area contributed by atoms with E-state index >= 15 is 0 Å². The summed E-state index contributed by atoms with van der Waals surface area (Å²) in [6.07, 6.45) is -14.7. The Morgan fingerprint density at radius 1 is 0.878 bits per heavy atom. The number of rotatable bonds is 11. The normalized spacial score (nSPS) is 39.0. The van der Waals surface area contributed by atoms with Crippen LogP contribution in [0.2, 0.25) is 0 Å². The first-order chi connectivity index (χ1) is 19.6. The van der Waals surface area contributed by atoms with Gasteiger partial charge >= 0.3 is 5.97 Å². The molecule has 3 aliphatic rings. The lowest BCUT2D eigenvalue weighted by atomic mass is 10.1. The molecular weight excluding hydrogens is 556 g/mol. The lowest BCUT2D eigenvalue weighted by molar-refractivity contribution is -0.222. The summed E-state index contributed by atoms with van der Waals surface area (Å²) < 4.78 is 38.0. The van der Waals surface area contributed by atoms with E-state index in [0.29, 0.717) is 5.56 Å². The Morgan fingerprint density at radius 3 is 2.17 bits per heavy atom. The van der Waals surface area contributed by atoms with Crippen LogP contribution in [0, 0.1) is 0 Å². The van der Waals surface area contributed by atoms with Crippen molar-refractivity contribution in [3.05, 3.63) is 29.8 Å². The number of phenolic OH excluding ortho intramolecular Hbond substituents is 1. The van der Waals surface area contributed by atoms with E-state index in [4.69, 9.17) is 33.2 Å². The van der Waals surface area contributed by atoms with Gasteiger partial charge in [-0.05, 0) is 23.8 Å². The third-order valence-electron chi connectivity index (χ3n) is 6.87. The molecule has 1 aromatic carbocycles. The van der Waals surface area contributed by atoms with E-state index in [1.807, 2.05) is 0 Å². The number of phenols is 1. The van der Waals surface area contributed by atoms with Crippen molar-refractivity contribution >= 4 is 12.0 Å². The first-order valence-corrected chi connectivity index (χ1v) is 12.7. The highest BCUT2D eigenvalue weighted by Crippen LogP contribution is 2.33. The van der Waals surface area contributed by atoms with Gasteiger partial charge in [-0.15, -0.1) is 0 Å². The van der Waals surface area contributed by atoms with Gasteiger partial charge in [0.15, 0.2) is 36.5 Å². The fraction of sp³-hybridized carbons (Fsp3) is 0.640. The number of carbonyl (C=O) groups excluding carboxylic acids is 1. The van der Waals surface area contributed by atoms with Crippen LogP contribution in [-0.4, -0.2) is 148 Å². The summed E-state index contributed by atoms with van der Waals surface area (Å²) in [4.78, 5) is 12.8. The average Bonchev–Trinajstić information content (AvgIpc) is 3.53. The SMILES string of the molecule is COc1cc(C=CC(=O)OC2C(OCC3OC(O)C(O)C3O)OC(CO)C2OC2OC(CO)C(O)C2O)ccc1O. The molecule has 3 heterocycles. The topological polar surface area (TPSA) is 244 Å². The van der Waals surface area contributed by atoms with E-state index in [1.165, 1.54) is 31.4 Å². The second kappa shape index (κ2) is 13.7. The number of hydrogen-bond donors (Lipinski definition) is 8. The van der Waals surface area contributed by atoms with E-state index < -0.39 is 99.6 Å². The van der Waals surface area contributed by atoms with Gasteiger partial charge in [-0.1, -0.05) is 6.07 Å². The maximum atomic E-state index is 12.8. The molecular formula is C25H34O16. The molecule has 0 radical (unpaired) electrons. The maximum Gasteiger partial charge on any atom is 0.331 e. The Bertz CT molecular complexity index is 1050. The summed E-state index contributed by atoms with van der Waals surface area (Å²) in [6.45, 7) is -1.74. The van der Waals surface area contributed by atoms with Crippen LogP contribution in [0.4, 0.5) is 0 Å². The van der Waals surface area contributed by atoms with Crippen molar-refractivity contribution in [2.24, 2.45) is 0 Å². The first-order valence-electron chi connectivity index (χ1n) is 12.7. The highest BCUT2D eigenvalue weighted by Gasteiger charge is 2.53. The van der Waals surface area contributed by atoms with Gasteiger partial charge in [0.2, 0.25) is 0 Å². The van der Waals surface area contributed by atoms with Gasteiger partial charge in [-0.3, -0.25) is 0 Å². The lowest BCUT2D eigenvalue weighted by Crippen LogP contribution is -2.45. The van der Waals surface area contributed by atoms with Crippen molar-refractivity contribution in [1.29, 1.82) is 0 Å². The number of ether oxygens (including phenoxy) is 7. The van der Waals surface area contributed by atoms with E-state index in [0.717, 1.165) is 6.08 Å². The summed E-state index contributed by atoms with van der Waals surface area (Å²) in [5.41, 5.74) is 0.476. The van der Waals surface area contributed by atoms with Crippen LogP contribution in [0.3, 0.4) is 0 Å². The molecule has 41 heavy (non-hydrogen) atoms. The van der Waals surface area contributed by atoms with Gasteiger partial charge in [-0.25, -0.2) is 4.79 Å². The van der Waals surface area contributed by atoms with Crippen molar-refractivity contribution in [2.45, 2.75) is 73.8 Å². The molecule has 0 amide bonds. The number of aliphatic hydroxyl groups excluding tert-OH is 7. The van der Waals surface area contributed by atoms with Crippen molar-refractivity contribution < 1.29 is 78.8 Å². The first kappa shape index (κ1) is 31.5. The molecule has 0 aliphatic carbocycles. The van der Waals surface area contributed by atoms with Crippen LogP contribution >= 0.6 is 0 Å². The molecule has 0 spiro atoms. The summed E-state index contributed by atoms with van der Waals surface area (Å²) in [5.74, 6) is -0.857. The largest absolute Gasteiger partial charge is 0.504 e. The van der Waals surface area contributed by atoms with Crippen molar-refractivity contribution in [1.82, 2.24) is 0 Å². The van der Waals surface area contributed by atoms with Crippen molar-refractivity contribution in [3.63, 3.8) is 0 Å². The van der Waals surface area contributed by atoms with Gasteiger partial charge in [0, 0.05) is 6.08 Å². The molecule has 3 aliphatic heterocycles. The molecule has 8 N–H and O–H groups in total. The van der Waals surface area contributed by atoms with E-state index in [9.17, 15) is 45.6 Å². The molecule has 12 unspecified atom stereocenters. The molecule has 4 rings (SSSR count). The van der Waals surface area contributed by atoms with Gasteiger partial charge < -0.3 is 74.0 Å². The Hall–Kier alpha value is -2.45. The van der Waals surface area contributed by atoms with Crippen LogP contribution in [0.25, 0.3) is 6.08 Å². The quantitative estimate of drug-likeness (QED) is 0.0914. The molecule has 230 valence electrons. The fourth-order valence-corrected chi connectivity index (χ4v) is 4.59. The predicted molar refractivity (Wildman–Crippen MR) is 131 cm³/mol. The predicted octanol–water partition coefficient (Wildman–Crippen LogP) is -3.68. The zero-order valence-electron chi connectivity index (χ0n) is 21.8. The third kappa shape index (κ3) is 6.96. The fourth-order valence-electron chi connectivity index (χ4n) is 4.59. The molecule has 3 fully saturated rings. The molecule has 0 bridgehead atoms. The van der Waals surface area contributed by atoms with Crippen LogP contribution in [0.5, 0.6) is 11.5 Å². The van der Waals surface area contributed by atoms with E-state index in [1.54, 1.807) is 0 Å². The highest BCUT2D eigenvalue weighted by molar-refractivity contribution is 5.87. The molecule has 3 saturated heterocycles. The van der Waals surface area contributed by atoms with Crippen LogP contribution in [0.1, 0.15) is 5.56 Å². The summed E-state index contributed by atoms with van der Waals surface area (Å²) in [5, 5.41) is 78.9. The van der Waals surface area contributed by atoms with Gasteiger partial charge in [-0.2, -0.15) is 0 Å². The molecule has 0 saturated carbocycles. The number of aliphatic hydroxyl groups is 7. The van der Waals surface area contributed by atoms with Crippen LogP contribution in [0.15, 0.2) is 24.3 Å². The second-order valence-corrected chi connectivity index (χ2v) is 9.58. The lowest BCUT2D eigenvalue weighted by Gasteiger charge is -2.27. The molecule has 12 atom stereocenters. The molecule has 1 aromatic rings. The summed E-state index contributed by atoms with van der Waals surface area (Å²) >= 11 is 0. The zero-order chi connectivity index (χ0) is 29.8. The number of benzene rings is 1. The Kier molecular flexibility index (Phi) is 10.5. The number of carbonyl (C=O) groups is 1. The summed E-state index contributed by atoms with van der Waals surface area (Å²) in [6, 6.07) is 4.34. The summed E-state index contributed by atoms with van der Waals surface area (Å²) in [7, 11) is 1.36. The minimum absolute atomic E-state index is 0.105. The van der Waals surface area contributed by atoms with Gasteiger partial charge in [0.25, 0.3) is 0 Å². The minimum Gasteiger partial charge on any atom is -0.504 e. The number of methoxy groups -OCH3 is 1. The average molecular weight is 591 g/mol. The van der Waals surface area contributed by atoms with Crippen molar-refractivity contribution in [2.75, 3.05) is 26.9 Å². The molecule has 0 aromatic heterocycles. The number of hydrogen-bond acceptors (Lipinski definition) is 16. The maximum absolute atomic E-state index is 12.8. The Balaban J connectivity index is 1.51. The van der Waals surface area contributed by atoms with E-state index in [2.05, 4.69) is 0 Å². The van der Waals surface area contributed by atoms with Crippen LogP contribution in [-0.2, 0) is 33.2 Å². The zero-order valence-corrected chi connectivity index (χ0v) is 21.8. The van der Waals surface area contributed by atoms with E-state index in [-0.39, 0.29) is 11.5 Å². The molecule has 16 heteroatoms. The molecule has 16 nitrogen and oxygen atoms in total. The Labute approximate surface area is 233 Å². The number of aromatic hydroxyl groups is 1. The third-order valence-corrected chi connectivity index (χ3v) is 6.87. The smallest absolute Gasteiger partial charge is 0.331 e. The Morgan fingerprint density at radius 2 is 1.56 bits per heavy atom. The highest BCUT2D eigenvalue weighted by atomic mass is 16.8. The van der Waals surface area contributed by atoms with Crippen molar-refractivity contribution in [3.8, 4) is 11.5 Å². The minimum atomic E-state index is -1.66. The van der Waals surface area contributed by atoms with Gasteiger partial charge in [0.05, 0.1) is 26.9 Å². The van der Waals surface area contributed by atoms with Crippen LogP contribution < -0.4 is 4.74 Å². The standard InChI is InChI=1S/C25H34O16/c1-35-12-6-10(2-4-11(12)28)3-5-16(29)40-22-21(41-24-20(33)17(30)13(7-26)38-24)14(8-27)39-25(22)36-9-15-18(31)19(32)23(34)37-15/h2-6,13-15,17-28,30-34H,7-9H2,1H3. The van der Waals surface area contributed by atoms with Gasteiger partial charge in [0.1, 0.15) is 48.8 Å².